The Morgan fingerprint density at radius 1 is 1.27 bits per heavy atom. The van der Waals surface area contributed by atoms with Crippen molar-refractivity contribution < 1.29 is 19.1 Å². The van der Waals surface area contributed by atoms with Crippen LogP contribution in [0.1, 0.15) is 12.5 Å². The van der Waals surface area contributed by atoms with E-state index in [-0.39, 0.29) is 18.6 Å². The molecule has 0 spiro atoms. The lowest BCUT2D eigenvalue weighted by Gasteiger charge is -2.27. The van der Waals surface area contributed by atoms with E-state index in [9.17, 15) is 9.59 Å². The van der Waals surface area contributed by atoms with Gasteiger partial charge >= 0.3 is 0 Å². The van der Waals surface area contributed by atoms with Crippen LogP contribution in [0.4, 0.5) is 5.69 Å². The molecule has 0 bridgehead atoms. The molecule has 6 nitrogen and oxygen atoms in total. The third kappa shape index (κ3) is 3.22. The fourth-order valence-electron chi connectivity index (χ4n) is 2.93. The third-order valence-corrected chi connectivity index (χ3v) is 5.91. The Hall–Kier alpha value is -2.67. The zero-order chi connectivity index (χ0) is 18.1. The summed E-state index contributed by atoms with van der Waals surface area (Å²) in [6.07, 6.45) is 0. The van der Waals surface area contributed by atoms with E-state index in [2.05, 4.69) is 10.6 Å². The summed E-state index contributed by atoms with van der Waals surface area (Å²) in [4.78, 5) is 25.9. The smallest absolute Gasteiger partial charge is 0.238 e. The third-order valence-electron chi connectivity index (χ3n) is 4.43. The Morgan fingerprint density at radius 3 is 2.96 bits per heavy atom. The van der Waals surface area contributed by atoms with Gasteiger partial charge in [0.15, 0.2) is 11.5 Å². The molecular weight excluding hydrogens is 352 g/mol. The minimum absolute atomic E-state index is 0.139. The van der Waals surface area contributed by atoms with Gasteiger partial charge < -0.3 is 20.1 Å². The summed E-state index contributed by atoms with van der Waals surface area (Å²) in [5.74, 6) is 0.641. The first-order valence-electron chi connectivity index (χ1n) is 8.34. The van der Waals surface area contributed by atoms with Gasteiger partial charge in [-0.05, 0) is 29.8 Å². The number of anilines is 1. The monoisotopic (exact) mass is 370 g/mol. The van der Waals surface area contributed by atoms with Crippen molar-refractivity contribution in [2.45, 2.75) is 23.6 Å². The molecule has 0 fully saturated rings. The number of benzene rings is 2. The molecule has 4 rings (SSSR count). The number of carbonyl (C=O) groups excluding carboxylic acids is 2. The molecule has 2 atom stereocenters. The molecule has 0 unspecified atom stereocenters. The highest BCUT2D eigenvalue weighted by atomic mass is 32.2. The highest BCUT2D eigenvalue weighted by Crippen LogP contribution is 2.38. The molecule has 2 amide bonds. The van der Waals surface area contributed by atoms with Crippen LogP contribution in [0.5, 0.6) is 11.5 Å². The van der Waals surface area contributed by atoms with Gasteiger partial charge in [-0.25, -0.2) is 0 Å². The van der Waals surface area contributed by atoms with Gasteiger partial charge in [-0.15, -0.1) is 11.8 Å². The molecule has 0 radical (unpaired) electrons. The summed E-state index contributed by atoms with van der Waals surface area (Å²) in [6, 6.07) is 13.2. The molecule has 0 aliphatic carbocycles. The van der Waals surface area contributed by atoms with E-state index in [1.807, 2.05) is 42.5 Å². The van der Waals surface area contributed by atoms with Gasteiger partial charge in [0.1, 0.15) is 0 Å². The summed E-state index contributed by atoms with van der Waals surface area (Å²) in [5.41, 5.74) is 1.72. The lowest BCUT2D eigenvalue weighted by Crippen LogP contribution is -2.41. The first kappa shape index (κ1) is 16.8. The summed E-state index contributed by atoms with van der Waals surface area (Å²) in [6.45, 7) is 2.37. The number of para-hydroxylation sites is 1. The minimum Gasteiger partial charge on any atom is -0.454 e. The summed E-state index contributed by atoms with van der Waals surface area (Å²) in [5, 5.41) is 5.32. The number of amides is 2. The van der Waals surface area contributed by atoms with Gasteiger partial charge in [-0.3, -0.25) is 9.59 Å². The van der Waals surface area contributed by atoms with Crippen LogP contribution >= 0.6 is 11.8 Å². The Labute approximate surface area is 155 Å². The first-order chi connectivity index (χ1) is 12.6. The van der Waals surface area contributed by atoms with Crippen molar-refractivity contribution in [1.29, 1.82) is 0 Å². The average molecular weight is 370 g/mol. The summed E-state index contributed by atoms with van der Waals surface area (Å²) < 4.78 is 10.6. The second kappa shape index (κ2) is 6.92. The Morgan fingerprint density at radius 2 is 2.08 bits per heavy atom. The van der Waals surface area contributed by atoms with Crippen molar-refractivity contribution in [2.24, 2.45) is 5.92 Å². The molecule has 2 aliphatic rings. The van der Waals surface area contributed by atoms with E-state index in [0.717, 1.165) is 16.1 Å². The number of ether oxygens (including phenoxy) is 2. The molecule has 26 heavy (non-hydrogen) atoms. The molecule has 2 aromatic carbocycles. The molecule has 0 saturated carbocycles. The van der Waals surface area contributed by atoms with Gasteiger partial charge in [0.2, 0.25) is 18.6 Å². The molecule has 7 heteroatoms. The maximum atomic E-state index is 12.5. The van der Waals surface area contributed by atoms with Crippen LogP contribution in [0.3, 0.4) is 0 Å². The molecule has 2 aliphatic heterocycles. The van der Waals surface area contributed by atoms with Crippen LogP contribution in [0, 0.1) is 5.92 Å². The van der Waals surface area contributed by atoms with E-state index < -0.39 is 11.2 Å². The Balaban J connectivity index is 1.39. The van der Waals surface area contributed by atoms with Crippen LogP contribution in [0.2, 0.25) is 0 Å². The maximum absolute atomic E-state index is 12.5. The Kier molecular flexibility index (Phi) is 4.46. The SMILES string of the molecule is C[C@H](C(=O)NCc1ccc2c(c1)OCO2)[C@H]1Sc2ccccc2NC1=O. The zero-order valence-electron chi connectivity index (χ0n) is 14.2. The lowest BCUT2D eigenvalue weighted by atomic mass is 10.1. The summed E-state index contributed by atoms with van der Waals surface area (Å²) in [7, 11) is 0. The van der Waals surface area contributed by atoms with Crippen molar-refractivity contribution in [3.63, 3.8) is 0 Å². The fourth-order valence-corrected chi connectivity index (χ4v) is 4.10. The number of fused-ring (bicyclic) bond motifs is 2. The normalized spacial score (nSPS) is 18.7. The molecule has 2 N–H and O–H groups in total. The van der Waals surface area contributed by atoms with Crippen LogP contribution in [0.25, 0.3) is 0 Å². The predicted octanol–water partition coefficient (Wildman–Crippen LogP) is 2.78. The number of rotatable bonds is 4. The van der Waals surface area contributed by atoms with E-state index in [4.69, 9.17) is 9.47 Å². The molecule has 2 heterocycles. The van der Waals surface area contributed by atoms with E-state index >= 15 is 0 Å². The van der Waals surface area contributed by atoms with Crippen LogP contribution in [0.15, 0.2) is 47.4 Å². The minimum atomic E-state index is -0.457. The van der Waals surface area contributed by atoms with Crippen molar-refractivity contribution in [2.75, 3.05) is 12.1 Å². The fraction of sp³-hybridized carbons (Fsp3) is 0.263. The Bertz CT molecular complexity index is 870. The number of carbonyl (C=O) groups is 2. The number of hydrogen-bond donors (Lipinski definition) is 2. The van der Waals surface area contributed by atoms with E-state index in [1.165, 1.54) is 11.8 Å². The zero-order valence-corrected chi connectivity index (χ0v) is 15.0. The predicted molar refractivity (Wildman–Crippen MR) is 98.3 cm³/mol. The van der Waals surface area contributed by atoms with Gasteiger partial charge in [0.05, 0.1) is 16.9 Å². The van der Waals surface area contributed by atoms with Crippen molar-refractivity contribution >= 4 is 29.3 Å². The van der Waals surface area contributed by atoms with Gasteiger partial charge in [0.25, 0.3) is 0 Å². The number of nitrogens with one attached hydrogen (secondary N) is 2. The topological polar surface area (TPSA) is 76.7 Å². The number of thioether (sulfide) groups is 1. The molecule has 0 saturated heterocycles. The van der Waals surface area contributed by atoms with Crippen LogP contribution < -0.4 is 20.1 Å². The average Bonchev–Trinajstić information content (AvgIpc) is 3.12. The summed E-state index contributed by atoms with van der Waals surface area (Å²) >= 11 is 1.43. The van der Waals surface area contributed by atoms with Crippen molar-refractivity contribution in [3.8, 4) is 11.5 Å². The van der Waals surface area contributed by atoms with Crippen molar-refractivity contribution in [3.05, 3.63) is 48.0 Å². The van der Waals surface area contributed by atoms with E-state index in [1.54, 1.807) is 6.92 Å². The lowest BCUT2D eigenvalue weighted by molar-refractivity contribution is -0.127. The van der Waals surface area contributed by atoms with Gasteiger partial charge in [-0.1, -0.05) is 25.1 Å². The second-order valence-corrected chi connectivity index (χ2v) is 7.40. The molecule has 0 aromatic heterocycles. The van der Waals surface area contributed by atoms with Gasteiger partial charge in [-0.2, -0.15) is 0 Å². The van der Waals surface area contributed by atoms with Crippen molar-refractivity contribution in [1.82, 2.24) is 5.32 Å². The van der Waals surface area contributed by atoms with E-state index in [0.29, 0.717) is 18.0 Å². The quantitative estimate of drug-likeness (QED) is 0.865. The molecule has 134 valence electrons. The van der Waals surface area contributed by atoms with Crippen LogP contribution in [-0.2, 0) is 16.1 Å². The highest BCUT2D eigenvalue weighted by molar-refractivity contribution is 8.01. The van der Waals surface area contributed by atoms with Gasteiger partial charge in [0, 0.05) is 11.4 Å². The highest BCUT2D eigenvalue weighted by Gasteiger charge is 2.34. The second-order valence-electron chi connectivity index (χ2n) is 6.22. The first-order valence-corrected chi connectivity index (χ1v) is 9.22. The molecule has 2 aromatic rings. The largest absolute Gasteiger partial charge is 0.454 e. The van der Waals surface area contributed by atoms with Crippen LogP contribution in [-0.4, -0.2) is 23.9 Å². The molecular formula is C19H18N2O4S. The standard InChI is InChI=1S/C19H18N2O4S/c1-11(17-19(23)21-13-4-2-3-5-16(13)26-17)18(22)20-9-12-6-7-14-15(8-12)25-10-24-14/h2-8,11,17H,9-10H2,1H3,(H,20,22)(H,21,23)/t11-,17+/m0/s1. The number of hydrogen-bond acceptors (Lipinski definition) is 5. The maximum Gasteiger partial charge on any atom is 0.238 e.